The van der Waals surface area contributed by atoms with E-state index in [0.717, 1.165) is 23.3 Å². The summed E-state index contributed by atoms with van der Waals surface area (Å²) in [5, 5.41) is 0.717. The number of anilines is 1. The molecule has 2 aromatic carbocycles. The molecule has 1 unspecified atom stereocenters. The van der Waals surface area contributed by atoms with Gasteiger partial charge < -0.3 is 13.9 Å². The van der Waals surface area contributed by atoms with E-state index in [1.165, 1.54) is 11.8 Å². The fraction of sp³-hybridized carbons (Fsp3) is 0.310. The SMILES string of the molecule is CCCOc1ccc(C2c3c(oc4ccc(C)cc4c3=O)C(=O)N2c2nc(C)c(C(C)=O)s2)cc1OCC. The maximum atomic E-state index is 13.9. The smallest absolute Gasteiger partial charge is 0.297 e. The standard InChI is InChI=1S/C29H28N2O6S/c1-6-12-36-21-11-9-18(14-22(21)35-7-2)24-23-25(33)19-13-15(3)8-10-20(19)37-26(23)28(34)31(24)29-30-16(4)27(38-29)17(5)32/h8-11,13-14,24H,6-7,12H2,1-5H3. The maximum absolute atomic E-state index is 13.9. The lowest BCUT2D eigenvalue weighted by molar-refractivity contribution is 0.0969. The van der Waals surface area contributed by atoms with E-state index in [0.29, 0.717) is 56.9 Å². The third-order valence-corrected chi connectivity index (χ3v) is 7.64. The van der Waals surface area contributed by atoms with E-state index >= 15 is 0 Å². The summed E-state index contributed by atoms with van der Waals surface area (Å²) < 4.78 is 17.8. The van der Waals surface area contributed by atoms with Crippen molar-refractivity contribution in [2.75, 3.05) is 18.1 Å². The molecule has 0 saturated heterocycles. The Labute approximate surface area is 223 Å². The van der Waals surface area contributed by atoms with E-state index in [1.54, 1.807) is 31.2 Å². The van der Waals surface area contributed by atoms with Crippen LogP contribution in [0.4, 0.5) is 5.13 Å². The molecule has 0 bridgehead atoms. The molecule has 0 radical (unpaired) electrons. The van der Waals surface area contributed by atoms with Crippen molar-refractivity contribution in [3.63, 3.8) is 0 Å². The molecule has 0 saturated carbocycles. The van der Waals surface area contributed by atoms with Crippen molar-refractivity contribution in [2.45, 2.75) is 47.1 Å². The molecular weight excluding hydrogens is 504 g/mol. The quantitative estimate of drug-likeness (QED) is 0.256. The second-order valence-corrected chi connectivity index (χ2v) is 10.2. The Morgan fingerprint density at radius 3 is 2.55 bits per heavy atom. The normalized spacial score (nSPS) is 14.7. The molecule has 0 N–H and O–H groups in total. The summed E-state index contributed by atoms with van der Waals surface area (Å²) in [6, 6.07) is 9.87. The molecule has 0 aliphatic carbocycles. The monoisotopic (exact) mass is 532 g/mol. The van der Waals surface area contributed by atoms with E-state index in [1.807, 2.05) is 32.9 Å². The van der Waals surface area contributed by atoms with E-state index in [-0.39, 0.29) is 22.5 Å². The molecule has 1 aliphatic heterocycles. The number of aromatic nitrogens is 1. The van der Waals surface area contributed by atoms with Crippen LogP contribution in [0.1, 0.15) is 75.8 Å². The molecule has 1 aliphatic rings. The zero-order valence-electron chi connectivity index (χ0n) is 21.9. The van der Waals surface area contributed by atoms with Crippen LogP contribution in [0.5, 0.6) is 11.5 Å². The molecule has 4 aromatic rings. The zero-order valence-corrected chi connectivity index (χ0v) is 22.7. The molecule has 5 rings (SSSR count). The van der Waals surface area contributed by atoms with Crippen molar-refractivity contribution < 1.29 is 23.5 Å². The minimum Gasteiger partial charge on any atom is -0.490 e. The minimum atomic E-state index is -0.830. The lowest BCUT2D eigenvalue weighted by atomic mass is 9.98. The summed E-state index contributed by atoms with van der Waals surface area (Å²) >= 11 is 1.12. The first kappa shape index (κ1) is 25.7. The van der Waals surface area contributed by atoms with Gasteiger partial charge in [0.05, 0.1) is 40.8 Å². The topological polar surface area (TPSA) is 98.9 Å². The van der Waals surface area contributed by atoms with Gasteiger partial charge in [0.1, 0.15) is 5.58 Å². The van der Waals surface area contributed by atoms with Crippen LogP contribution in [0, 0.1) is 13.8 Å². The molecule has 8 nitrogen and oxygen atoms in total. The second-order valence-electron chi connectivity index (χ2n) is 9.21. The Balaban J connectivity index is 1.76. The van der Waals surface area contributed by atoms with Gasteiger partial charge in [0.15, 0.2) is 27.8 Å². The van der Waals surface area contributed by atoms with Crippen LogP contribution in [-0.2, 0) is 0 Å². The summed E-state index contributed by atoms with van der Waals surface area (Å²) in [6.45, 7) is 9.92. The number of carbonyl (C=O) groups is 2. The van der Waals surface area contributed by atoms with Crippen LogP contribution in [-0.4, -0.2) is 29.9 Å². The molecule has 9 heteroatoms. The number of benzene rings is 2. The van der Waals surface area contributed by atoms with E-state index in [9.17, 15) is 14.4 Å². The number of Topliss-reactive ketones (excluding diaryl/α,β-unsaturated/α-hetero) is 1. The van der Waals surface area contributed by atoms with E-state index in [2.05, 4.69) is 4.98 Å². The Morgan fingerprint density at radius 1 is 1.08 bits per heavy atom. The summed E-state index contributed by atoms with van der Waals surface area (Å²) in [6.07, 6.45) is 0.834. The van der Waals surface area contributed by atoms with Gasteiger partial charge in [-0.25, -0.2) is 4.98 Å². The van der Waals surface area contributed by atoms with Crippen molar-refractivity contribution >= 4 is 39.1 Å². The predicted octanol–water partition coefficient (Wildman–Crippen LogP) is 6.01. The highest BCUT2D eigenvalue weighted by atomic mass is 32.1. The number of ketones is 1. The third kappa shape index (κ3) is 4.26. The van der Waals surface area contributed by atoms with Gasteiger partial charge in [0, 0.05) is 6.92 Å². The fourth-order valence-corrected chi connectivity index (χ4v) is 5.69. The number of fused-ring (bicyclic) bond motifs is 2. The number of nitrogens with zero attached hydrogens (tertiary/aromatic N) is 2. The number of rotatable bonds is 8. The Morgan fingerprint density at radius 2 is 1.87 bits per heavy atom. The van der Waals surface area contributed by atoms with Crippen LogP contribution in [0.25, 0.3) is 11.0 Å². The Hall–Kier alpha value is -3.98. The number of carbonyl (C=O) groups excluding carboxylic acids is 2. The fourth-order valence-electron chi connectivity index (χ4n) is 4.71. The first-order chi connectivity index (χ1) is 18.2. The van der Waals surface area contributed by atoms with Crippen molar-refractivity contribution in [1.29, 1.82) is 0 Å². The van der Waals surface area contributed by atoms with Crippen LogP contribution in [0.15, 0.2) is 45.6 Å². The summed E-state index contributed by atoms with van der Waals surface area (Å²) in [7, 11) is 0. The van der Waals surface area contributed by atoms with Crippen LogP contribution in [0.2, 0.25) is 0 Å². The van der Waals surface area contributed by atoms with Gasteiger partial charge in [-0.15, -0.1) is 0 Å². The number of ether oxygens (including phenoxy) is 2. The largest absolute Gasteiger partial charge is 0.490 e. The highest BCUT2D eigenvalue weighted by Gasteiger charge is 2.45. The Bertz CT molecular complexity index is 1640. The van der Waals surface area contributed by atoms with Gasteiger partial charge >= 0.3 is 0 Å². The van der Waals surface area contributed by atoms with Gasteiger partial charge in [0.2, 0.25) is 5.76 Å². The molecule has 2 aromatic heterocycles. The van der Waals surface area contributed by atoms with E-state index in [4.69, 9.17) is 13.9 Å². The number of thiazole rings is 1. The molecule has 196 valence electrons. The van der Waals surface area contributed by atoms with Gasteiger partial charge in [-0.05, 0) is 57.0 Å². The number of aryl methyl sites for hydroxylation is 2. The lowest BCUT2D eigenvalue weighted by Gasteiger charge is -2.23. The zero-order chi connectivity index (χ0) is 27.1. The van der Waals surface area contributed by atoms with Crippen molar-refractivity contribution in [2.24, 2.45) is 0 Å². The summed E-state index contributed by atoms with van der Waals surface area (Å²) in [5.41, 5.74) is 2.36. The minimum absolute atomic E-state index is 0.0298. The lowest BCUT2D eigenvalue weighted by Crippen LogP contribution is -2.29. The number of hydrogen-bond donors (Lipinski definition) is 0. The number of hydrogen-bond acceptors (Lipinski definition) is 8. The summed E-state index contributed by atoms with van der Waals surface area (Å²) in [4.78, 5) is 46.4. The summed E-state index contributed by atoms with van der Waals surface area (Å²) in [5.74, 6) is 0.438. The van der Waals surface area contributed by atoms with Gasteiger partial charge in [-0.3, -0.25) is 19.3 Å². The molecule has 0 fully saturated rings. The molecular formula is C29H28N2O6S. The number of amides is 1. The van der Waals surface area contributed by atoms with Gasteiger partial charge in [-0.1, -0.05) is 36.0 Å². The molecule has 1 amide bonds. The highest BCUT2D eigenvalue weighted by molar-refractivity contribution is 7.17. The average Bonchev–Trinajstić information content (AvgIpc) is 3.41. The third-order valence-electron chi connectivity index (χ3n) is 6.38. The van der Waals surface area contributed by atoms with Gasteiger partial charge in [0.25, 0.3) is 5.91 Å². The van der Waals surface area contributed by atoms with Gasteiger partial charge in [-0.2, -0.15) is 0 Å². The molecule has 0 spiro atoms. The Kier molecular flexibility index (Phi) is 6.79. The van der Waals surface area contributed by atoms with Crippen molar-refractivity contribution in [3.05, 3.63) is 79.6 Å². The predicted molar refractivity (Wildman–Crippen MR) is 146 cm³/mol. The molecule has 38 heavy (non-hydrogen) atoms. The average molecular weight is 533 g/mol. The second kappa shape index (κ2) is 10.1. The maximum Gasteiger partial charge on any atom is 0.297 e. The highest BCUT2D eigenvalue weighted by Crippen LogP contribution is 2.45. The molecule has 1 atom stereocenters. The van der Waals surface area contributed by atoms with Crippen LogP contribution >= 0.6 is 11.3 Å². The van der Waals surface area contributed by atoms with Crippen LogP contribution < -0.4 is 19.8 Å². The van der Waals surface area contributed by atoms with E-state index < -0.39 is 11.9 Å². The molecule has 3 heterocycles. The van der Waals surface area contributed by atoms with Crippen molar-refractivity contribution in [3.8, 4) is 11.5 Å². The van der Waals surface area contributed by atoms with Crippen molar-refractivity contribution in [1.82, 2.24) is 4.98 Å². The first-order valence-corrected chi connectivity index (χ1v) is 13.4. The van der Waals surface area contributed by atoms with Crippen LogP contribution in [0.3, 0.4) is 0 Å². The first-order valence-electron chi connectivity index (χ1n) is 12.5.